The Bertz CT molecular complexity index is 617. The molecule has 0 amide bonds. The number of rotatable bonds is 6. The van der Waals surface area contributed by atoms with E-state index in [-0.39, 0.29) is 17.9 Å². The summed E-state index contributed by atoms with van der Waals surface area (Å²) in [5, 5.41) is 8.22. The lowest BCUT2D eigenvalue weighted by atomic mass is 10.2. The highest BCUT2D eigenvalue weighted by Crippen LogP contribution is 2.19. The van der Waals surface area contributed by atoms with Gasteiger partial charge in [-0.15, -0.1) is 0 Å². The van der Waals surface area contributed by atoms with Crippen molar-refractivity contribution in [2.45, 2.75) is 18.9 Å². The fraction of sp³-hybridized carbons (Fsp3) is 0.455. The molecule has 1 heterocycles. The van der Waals surface area contributed by atoms with Gasteiger partial charge in [0.25, 0.3) is 10.0 Å². The molecular formula is C11H15NO7S. The molecule has 1 unspecified atom stereocenters. The monoisotopic (exact) mass is 305 g/mol. The number of ether oxygens (including phenoxy) is 1. The minimum absolute atomic E-state index is 0.000780. The molecule has 0 saturated carbocycles. The number of furan rings is 1. The number of methoxy groups -OCH3 is 1. The topological polar surface area (TPSA) is 123 Å². The van der Waals surface area contributed by atoms with Crippen LogP contribution in [0.4, 0.5) is 0 Å². The summed E-state index contributed by atoms with van der Waals surface area (Å²) in [4.78, 5) is 22.0. The van der Waals surface area contributed by atoms with Gasteiger partial charge in [0, 0.05) is 12.6 Å². The number of carboxylic acids is 1. The molecular weight excluding hydrogens is 290 g/mol. The van der Waals surface area contributed by atoms with E-state index in [1.807, 2.05) is 0 Å². The van der Waals surface area contributed by atoms with Crippen LogP contribution in [0.2, 0.25) is 0 Å². The van der Waals surface area contributed by atoms with E-state index in [0.717, 1.165) is 13.2 Å². The van der Waals surface area contributed by atoms with Crippen LogP contribution in [0.3, 0.4) is 0 Å². The number of esters is 1. The molecule has 2 N–H and O–H groups in total. The molecule has 0 saturated heterocycles. The third-order valence-corrected chi connectivity index (χ3v) is 3.84. The largest absolute Gasteiger partial charge is 0.481 e. The maximum absolute atomic E-state index is 11.9. The Hall–Kier alpha value is -1.87. The third kappa shape index (κ3) is 3.58. The van der Waals surface area contributed by atoms with Crippen molar-refractivity contribution >= 4 is 22.0 Å². The molecule has 1 aromatic rings. The summed E-state index contributed by atoms with van der Waals surface area (Å²) in [7, 11) is -2.86. The lowest BCUT2D eigenvalue weighted by Gasteiger charge is -2.07. The average molecular weight is 305 g/mol. The zero-order chi connectivity index (χ0) is 15.5. The number of carboxylic acid groups (broad SMARTS) is 1. The van der Waals surface area contributed by atoms with Crippen molar-refractivity contribution in [1.82, 2.24) is 4.72 Å². The molecule has 20 heavy (non-hydrogen) atoms. The highest BCUT2D eigenvalue weighted by molar-refractivity contribution is 7.89. The van der Waals surface area contributed by atoms with E-state index in [2.05, 4.69) is 9.46 Å². The molecule has 0 aliphatic carbocycles. The van der Waals surface area contributed by atoms with E-state index >= 15 is 0 Å². The molecule has 0 radical (unpaired) electrons. The van der Waals surface area contributed by atoms with Gasteiger partial charge in [-0.2, -0.15) is 0 Å². The zero-order valence-electron chi connectivity index (χ0n) is 11.2. The van der Waals surface area contributed by atoms with Gasteiger partial charge in [-0.25, -0.2) is 17.9 Å². The van der Waals surface area contributed by atoms with Crippen LogP contribution < -0.4 is 4.72 Å². The van der Waals surface area contributed by atoms with E-state index in [4.69, 9.17) is 9.52 Å². The highest BCUT2D eigenvalue weighted by Gasteiger charge is 2.25. The molecule has 8 nitrogen and oxygen atoms in total. The van der Waals surface area contributed by atoms with Gasteiger partial charge < -0.3 is 14.3 Å². The van der Waals surface area contributed by atoms with E-state index < -0.39 is 33.0 Å². The molecule has 112 valence electrons. The van der Waals surface area contributed by atoms with Crippen LogP contribution in [0, 0.1) is 12.8 Å². The van der Waals surface area contributed by atoms with Gasteiger partial charge in [0.05, 0.1) is 13.0 Å². The first-order valence-electron chi connectivity index (χ1n) is 5.60. The van der Waals surface area contributed by atoms with E-state index in [9.17, 15) is 18.0 Å². The number of hydrogen-bond donors (Lipinski definition) is 2. The predicted molar refractivity (Wildman–Crippen MR) is 66.8 cm³/mol. The number of carbonyl (C=O) groups is 2. The first kappa shape index (κ1) is 16.2. The molecule has 0 fully saturated rings. The van der Waals surface area contributed by atoms with Crippen molar-refractivity contribution in [2.75, 3.05) is 13.7 Å². The number of aliphatic carboxylic acids is 1. The summed E-state index contributed by atoms with van der Waals surface area (Å²) < 4.78 is 35.3. The first-order valence-corrected chi connectivity index (χ1v) is 7.08. The quantitative estimate of drug-likeness (QED) is 0.728. The van der Waals surface area contributed by atoms with Crippen LogP contribution in [0.25, 0.3) is 0 Å². The molecule has 0 aromatic carbocycles. The second-order valence-corrected chi connectivity index (χ2v) is 5.82. The SMILES string of the molecule is COC(=O)c1cc(S(=O)(=O)NCC(C)C(=O)O)oc1C. The van der Waals surface area contributed by atoms with Crippen LogP contribution in [0.15, 0.2) is 15.6 Å². The van der Waals surface area contributed by atoms with E-state index in [0.29, 0.717) is 0 Å². The Morgan fingerprint density at radius 1 is 1.50 bits per heavy atom. The molecule has 0 aliphatic heterocycles. The van der Waals surface area contributed by atoms with Crippen molar-refractivity contribution in [2.24, 2.45) is 5.92 Å². The summed E-state index contributed by atoms with van der Waals surface area (Å²) in [6.07, 6.45) is 0. The predicted octanol–water partition coefficient (Wildman–Crippen LogP) is 0.374. The van der Waals surface area contributed by atoms with Gasteiger partial charge in [-0.3, -0.25) is 4.79 Å². The van der Waals surface area contributed by atoms with Crippen molar-refractivity contribution in [3.63, 3.8) is 0 Å². The number of hydrogen-bond acceptors (Lipinski definition) is 6. The number of nitrogens with one attached hydrogen (secondary N) is 1. The molecule has 9 heteroatoms. The molecule has 1 rings (SSSR count). The smallest absolute Gasteiger partial charge is 0.341 e. The molecule has 0 spiro atoms. The van der Waals surface area contributed by atoms with Gasteiger partial charge in [-0.05, 0) is 6.92 Å². The first-order chi connectivity index (χ1) is 9.19. The fourth-order valence-electron chi connectivity index (χ4n) is 1.29. The van der Waals surface area contributed by atoms with Gasteiger partial charge in [0.1, 0.15) is 11.3 Å². The Kier molecular flexibility index (Phi) is 4.90. The second kappa shape index (κ2) is 6.06. The van der Waals surface area contributed by atoms with Crippen molar-refractivity contribution < 1.29 is 32.3 Å². The van der Waals surface area contributed by atoms with Crippen molar-refractivity contribution in [3.05, 3.63) is 17.4 Å². The lowest BCUT2D eigenvalue weighted by molar-refractivity contribution is -0.140. The summed E-state index contributed by atoms with van der Waals surface area (Å²) in [6, 6.07) is 1.04. The number of carbonyl (C=O) groups excluding carboxylic acids is 1. The normalized spacial score (nSPS) is 12.9. The Balaban J connectivity index is 2.94. The molecule has 1 atom stereocenters. The summed E-state index contributed by atoms with van der Waals surface area (Å²) in [6.45, 7) is 2.49. The van der Waals surface area contributed by atoms with Crippen molar-refractivity contribution in [3.8, 4) is 0 Å². The molecule has 0 aliphatic rings. The Labute approximate surface area is 115 Å². The lowest BCUT2D eigenvalue weighted by Crippen LogP contribution is -2.31. The van der Waals surface area contributed by atoms with Crippen LogP contribution in [-0.4, -0.2) is 39.1 Å². The number of aryl methyl sites for hydroxylation is 1. The second-order valence-electron chi connectivity index (χ2n) is 4.12. The molecule has 1 aromatic heterocycles. The highest BCUT2D eigenvalue weighted by atomic mass is 32.2. The Morgan fingerprint density at radius 2 is 2.10 bits per heavy atom. The minimum atomic E-state index is -4.02. The minimum Gasteiger partial charge on any atom is -0.481 e. The Morgan fingerprint density at radius 3 is 2.60 bits per heavy atom. The van der Waals surface area contributed by atoms with Crippen molar-refractivity contribution in [1.29, 1.82) is 0 Å². The van der Waals surface area contributed by atoms with Gasteiger partial charge >= 0.3 is 11.9 Å². The van der Waals surface area contributed by atoms with Gasteiger partial charge in [0.2, 0.25) is 5.09 Å². The zero-order valence-corrected chi connectivity index (χ0v) is 12.0. The van der Waals surface area contributed by atoms with Crippen LogP contribution in [0.5, 0.6) is 0 Å². The molecule has 0 bridgehead atoms. The standard InChI is InChI=1S/C11H15NO7S/c1-6(10(13)14)5-12-20(16,17)9-4-8(7(2)19-9)11(15)18-3/h4,6,12H,5H2,1-3H3,(H,13,14). The van der Waals surface area contributed by atoms with Gasteiger partial charge in [-0.1, -0.05) is 6.92 Å². The fourth-order valence-corrected chi connectivity index (χ4v) is 2.41. The van der Waals surface area contributed by atoms with Crippen LogP contribution in [-0.2, 0) is 19.6 Å². The van der Waals surface area contributed by atoms with Crippen LogP contribution in [0.1, 0.15) is 23.0 Å². The van der Waals surface area contributed by atoms with Crippen LogP contribution >= 0.6 is 0 Å². The van der Waals surface area contributed by atoms with E-state index in [1.54, 1.807) is 0 Å². The number of sulfonamides is 1. The maximum atomic E-state index is 11.9. The summed E-state index contributed by atoms with van der Waals surface area (Å²) in [5.41, 5.74) is -0.000780. The average Bonchev–Trinajstić information content (AvgIpc) is 2.77. The van der Waals surface area contributed by atoms with Gasteiger partial charge in [0.15, 0.2) is 0 Å². The third-order valence-electron chi connectivity index (χ3n) is 2.57. The van der Waals surface area contributed by atoms with E-state index in [1.165, 1.54) is 13.8 Å². The summed E-state index contributed by atoms with van der Waals surface area (Å²) >= 11 is 0. The maximum Gasteiger partial charge on any atom is 0.341 e. The summed E-state index contributed by atoms with van der Waals surface area (Å²) in [5.74, 6) is -2.63.